The number of amides is 1. The van der Waals surface area contributed by atoms with Crippen molar-refractivity contribution >= 4 is 5.91 Å². The van der Waals surface area contributed by atoms with E-state index in [0.717, 1.165) is 6.42 Å². The Morgan fingerprint density at radius 1 is 1.38 bits per heavy atom. The zero-order chi connectivity index (χ0) is 15.8. The number of benzene rings is 1. The summed E-state index contributed by atoms with van der Waals surface area (Å²) >= 11 is 0. The van der Waals surface area contributed by atoms with Crippen molar-refractivity contribution in [3.8, 4) is 17.6 Å². The normalized spacial score (nSPS) is 11.5. The summed E-state index contributed by atoms with van der Waals surface area (Å²) < 4.78 is 5.24. The predicted molar refractivity (Wildman–Crippen MR) is 85.3 cm³/mol. The van der Waals surface area contributed by atoms with Gasteiger partial charge in [0, 0.05) is 11.6 Å². The molecular weight excluding hydrogens is 264 g/mol. The summed E-state index contributed by atoms with van der Waals surface area (Å²) in [6, 6.07) is 5.36. The van der Waals surface area contributed by atoms with Crippen molar-refractivity contribution in [3.05, 3.63) is 29.3 Å². The van der Waals surface area contributed by atoms with E-state index in [1.54, 1.807) is 25.3 Å². The third-order valence-corrected chi connectivity index (χ3v) is 2.99. The number of methoxy groups -OCH3 is 1. The standard InChI is InChI=1S/C17H24N2O2/c1-12(2)10-13(3)19-17(20)15-7-8-16(21-4)14(11-15)6-5-9-18/h7-8,11-13H,9-10,18H2,1-4H3,(H,19,20). The van der Waals surface area contributed by atoms with Gasteiger partial charge in [0.25, 0.3) is 5.91 Å². The van der Waals surface area contributed by atoms with Crippen LogP contribution in [0.4, 0.5) is 0 Å². The molecule has 1 atom stereocenters. The van der Waals surface area contributed by atoms with Crippen molar-refractivity contribution in [2.45, 2.75) is 33.2 Å². The zero-order valence-corrected chi connectivity index (χ0v) is 13.2. The topological polar surface area (TPSA) is 64.3 Å². The van der Waals surface area contributed by atoms with E-state index in [1.807, 2.05) is 6.92 Å². The Hall–Kier alpha value is -1.99. The molecule has 0 aromatic heterocycles. The zero-order valence-electron chi connectivity index (χ0n) is 13.2. The number of carbonyl (C=O) groups is 1. The van der Waals surface area contributed by atoms with Gasteiger partial charge in [0.15, 0.2) is 0 Å². The first-order chi connectivity index (χ1) is 9.97. The molecule has 0 saturated carbocycles. The van der Waals surface area contributed by atoms with Crippen LogP contribution in [0.3, 0.4) is 0 Å². The van der Waals surface area contributed by atoms with Crippen LogP contribution in [0.2, 0.25) is 0 Å². The molecule has 4 nitrogen and oxygen atoms in total. The molecule has 1 amide bonds. The Morgan fingerprint density at radius 2 is 2.10 bits per heavy atom. The highest BCUT2D eigenvalue weighted by atomic mass is 16.5. The minimum absolute atomic E-state index is 0.0957. The Bertz CT molecular complexity index is 541. The molecule has 114 valence electrons. The molecular formula is C17H24N2O2. The Kier molecular flexibility index (Phi) is 6.77. The van der Waals surface area contributed by atoms with Gasteiger partial charge in [-0.15, -0.1) is 0 Å². The van der Waals surface area contributed by atoms with Crippen LogP contribution in [-0.4, -0.2) is 25.6 Å². The molecule has 0 radical (unpaired) electrons. The number of hydrogen-bond acceptors (Lipinski definition) is 3. The van der Waals surface area contributed by atoms with Crippen LogP contribution in [0, 0.1) is 17.8 Å². The fourth-order valence-electron chi connectivity index (χ4n) is 2.17. The second kappa shape index (κ2) is 8.33. The van der Waals surface area contributed by atoms with Crippen LogP contribution < -0.4 is 15.8 Å². The number of carbonyl (C=O) groups excluding carboxylic acids is 1. The van der Waals surface area contributed by atoms with Crippen LogP contribution in [-0.2, 0) is 0 Å². The van der Waals surface area contributed by atoms with Gasteiger partial charge in [0.1, 0.15) is 5.75 Å². The molecule has 0 aliphatic carbocycles. The molecule has 0 heterocycles. The lowest BCUT2D eigenvalue weighted by Gasteiger charge is -2.16. The maximum Gasteiger partial charge on any atom is 0.251 e. The van der Waals surface area contributed by atoms with Crippen molar-refractivity contribution in [2.24, 2.45) is 11.7 Å². The average molecular weight is 288 g/mol. The van der Waals surface area contributed by atoms with Gasteiger partial charge in [-0.3, -0.25) is 4.79 Å². The van der Waals surface area contributed by atoms with Gasteiger partial charge in [-0.2, -0.15) is 0 Å². The molecule has 3 N–H and O–H groups in total. The molecule has 0 aliphatic rings. The number of ether oxygens (including phenoxy) is 1. The summed E-state index contributed by atoms with van der Waals surface area (Å²) in [6.07, 6.45) is 0.946. The number of rotatable bonds is 5. The van der Waals surface area contributed by atoms with Crippen molar-refractivity contribution in [1.82, 2.24) is 5.32 Å². The lowest BCUT2D eigenvalue weighted by Crippen LogP contribution is -2.33. The Labute approximate surface area is 127 Å². The lowest BCUT2D eigenvalue weighted by molar-refractivity contribution is 0.0936. The van der Waals surface area contributed by atoms with E-state index in [-0.39, 0.29) is 18.5 Å². The largest absolute Gasteiger partial charge is 0.495 e. The number of hydrogen-bond donors (Lipinski definition) is 2. The summed E-state index contributed by atoms with van der Waals surface area (Å²) in [5.74, 6) is 6.79. The van der Waals surface area contributed by atoms with E-state index in [9.17, 15) is 4.79 Å². The van der Waals surface area contributed by atoms with Crippen LogP contribution in [0.5, 0.6) is 5.75 Å². The average Bonchev–Trinajstić information content (AvgIpc) is 2.43. The van der Waals surface area contributed by atoms with Crippen LogP contribution in [0.1, 0.15) is 43.1 Å². The second-order valence-electron chi connectivity index (χ2n) is 5.43. The molecule has 0 spiro atoms. The molecule has 1 aromatic carbocycles. The summed E-state index contributed by atoms with van der Waals surface area (Å²) in [5.41, 5.74) is 6.63. The third kappa shape index (κ3) is 5.49. The summed E-state index contributed by atoms with van der Waals surface area (Å²) in [6.45, 7) is 6.55. The van der Waals surface area contributed by atoms with E-state index >= 15 is 0 Å². The van der Waals surface area contributed by atoms with Gasteiger partial charge in [-0.05, 0) is 37.5 Å². The summed E-state index contributed by atoms with van der Waals surface area (Å²) in [4.78, 5) is 12.2. The van der Waals surface area contributed by atoms with Crippen molar-refractivity contribution < 1.29 is 9.53 Å². The van der Waals surface area contributed by atoms with E-state index in [2.05, 4.69) is 31.0 Å². The van der Waals surface area contributed by atoms with E-state index < -0.39 is 0 Å². The van der Waals surface area contributed by atoms with Gasteiger partial charge in [0.05, 0.1) is 19.2 Å². The third-order valence-electron chi connectivity index (χ3n) is 2.99. The molecule has 0 fully saturated rings. The van der Waals surface area contributed by atoms with Crippen LogP contribution in [0.25, 0.3) is 0 Å². The first-order valence-corrected chi connectivity index (χ1v) is 7.15. The fraction of sp³-hybridized carbons (Fsp3) is 0.471. The number of nitrogens with two attached hydrogens (primary N) is 1. The lowest BCUT2D eigenvalue weighted by atomic mass is 10.0. The summed E-state index contributed by atoms with van der Waals surface area (Å²) in [5, 5.41) is 3.00. The van der Waals surface area contributed by atoms with Crippen molar-refractivity contribution in [3.63, 3.8) is 0 Å². The monoisotopic (exact) mass is 288 g/mol. The molecule has 1 unspecified atom stereocenters. The van der Waals surface area contributed by atoms with Crippen LogP contribution >= 0.6 is 0 Å². The van der Waals surface area contributed by atoms with Crippen molar-refractivity contribution in [2.75, 3.05) is 13.7 Å². The molecule has 4 heteroatoms. The first kappa shape index (κ1) is 17.1. The van der Waals surface area contributed by atoms with Gasteiger partial charge in [-0.25, -0.2) is 0 Å². The minimum atomic E-state index is -0.0957. The van der Waals surface area contributed by atoms with Gasteiger partial charge >= 0.3 is 0 Å². The smallest absolute Gasteiger partial charge is 0.251 e. The van der Waals surface area contributed by atoms with Crippen molar-refractivity contribution in [1.29, 1.82) is 0 Å². The molecule has 0 aliphatic heterocycles. The number of nitrogens with one attached hydrogen (secondary N) is 1. The highest BCUT2D eigenvalue weighted by Gasteiger charge is 2.12. The minimum Gasteiger partial charge on any atom is -0.495 e. The molecule has 1 rings (SSSR count). The van der Waals surface area contributed by atoms with Crippen LogP contribution in [0.15, 0.2) is 18.2 Å². The molecule has 0 bridgehead atoms. The van der Waals surface area contributed by atoms with E-state index in [4.69, 9.17) is 10.5 Å². The Morgan fingerprint density at radius 3 is 2.67 bits per heavy atom. The van der Waals surface area contributed by atoms with Gasteiger partial charge in [-0.1, -0.05) is 25.7 Å². The SMILES string of the molecule is COc1ccc(C(=O)NC(C)CC(C)C)cc1C#CCN. The molecule has 0 saturated heterocycles. The molecule has 1 aromatic rings. The highest BCUT2D eigenvalue weighted by molar-refractivity contribution is 5.95. The predicted octanol–water partition coefficient (Wildman–Crippen LogP) is 2.17. The second-order valence-corrected chi connectivity index (χ2v) is 5.43. The van der Waals surface area contributed by atoms with Gasteiger partial charge < -0.3 is 15.8 Å². The maximum absolute atomic E-state index is 12.2. The Balaban J connectivity index is 2.90. The fourth-order valence-corrected chi connectivity index (χ4v) is 2.17. The summed E-state index contributed by atoms with van der Waals surface area (Å²) in [7, 11) is 1.58. The van der Waals surface area contributed by atoms with E-state index in [1.165, 1.54) is 0 Å². The highest BCUT2D eigenvalue weighted by Crippen LogP contribution is 2.19. The molecule has 21 heavy (non-hydrogen) atoms. The van der Waals surface area contributed by atoms with E-state index in [0.29, 0.717) is 22.8 Å². The first-order valence-electron chi connectivity index (χ1n) is 7.15. The quantitative estimate of drug-likeness (QED) is 0.816. The van der Waals surface area contributed by atoms with Gasteiger partial charge in [0.2, 0.25) is 0 Å². The maximum atomic E-state index is 12.2.